The summed E-state index contributed by atoms with van der Waals surface area (Å²) in [5.41, 5.74) is 3.28. The molecule has 0 bridgehead atoms. The molecule has 1 amide bonds. The molecule has 1 aliphatic heterocycles. The van der Waals surface area contributed by atoms with E-state index >= 15 is 0 Å². The Balaban J connectivity index is 1.70. The molecule has 0 spiro atoms. The van der Waals surface area contributed by atoms with Crippen molar-refractivity contribution in [1.82, 2.24) is 4.57 Å². The zero-order chi connectivity index (χ0) is 22.5. The largest absolute Gasteiger partial charge is 0.496 e. The average molecular weight is 425 g/mol. The van der Waals surface area contributed by atoms with Crippen molar-refractivity contribution >= 4 is 17.7 Å². The Kier molecular flexibility index (Phi) is 6.98. The maximum Gasteiger partial charge on any atom is 0.338 e. The minimum absolute atomic E-state index is 0.0436. The second-order valence-electron chi connectivity index (χ2n) is 7.60. The number of carbonyl (C=O) groups is 2. The van der Waals surface area contributed by atoms with Crippen molar-refractivity contribution in [2.45, 2.75) is 46.3 Å². The number of hydrogen-bond acceptors (Lipinski definition) is 6. The van der Waals surface area contributed by atoms with Crippen molar-refractivity contribution in [3.8, 4) is 11.8 Å². The number of rotatable bonds is 7. The maximum atomic E-state index is 12.5. The molecule has 3 rings (SSSR count). The number of amides is 1. The highest BCUT2D eigenvalue weighted by Gasteiger charge is 2.24. The lowest BCUT2D eigenvalue weighted by Gasteiger charge is -2.17. The smallest absolute Gasteiger partial charge is 0.338 e. The number of aromatic nitrogens is 1. The first kappa shape index (κ1) is 22.4. The number of ether oxygens (including phenoxy) is 3. The van der Waals surface area contributed by atoms with Gasteiger partial charge in [-0.3, -0.25) is 4.79 Å². The van der Waals surface area contributed by atoms with Gasteiger partial charge in [0, 0.05) is 12.3 Å². The van der Waals surface area contributed by atoms with Crippen LogP contribution in [0, 0.1) is 32.1 Å². The van der Waals surface area contributed by atoms with Gasteiger partial charge in [0.05, 0.1) is 30.9 Å². The molecule has 0 unspecified atom stereocenters. The fourth-order valence-electron chi connectivity index (χ4n) is 3.68. The third-order valence-electron chi connectivity index (χ3n) is 5.59. The van der Waals surface area contributed by atoms with E-state index in [2.05, 4.69) is 11.4 Å². The summed E-state index contributed by atoms with van der Waals surface area (Å²) < 4.78 is 18.0. The Bertz CT molecular complexity index is 1030. The molecule has 0 aliphatic carbocycles. The first-order chi connectivity index (χ1) is 14.8. The number of esters is 1. The third-order valence-corrected chi connectivity index (χ3v) is 5.59. The summed E-state index contributed by atoms with van der Waals surface area (Å²) in [6, 6.07) is 7.10. The molecule has 1 atom stereocenters. The molecule has 8 heteroatoms. The highest BCUT2D eigenvalue weighted by atomic mass is 16.5. The second-order valence-corrected chi connectivity index (χ2v) is 7.60. The molecule has 164 valence electrons. The highest BCUT2D eigenvalue weighted by Crippen LogP contribution is 2.28. The van der Waals surface area contributed by atoms with Crippen LogP contribution in [0.1, 0.15) is 45.6 Å². The molecule has 1 aromatic heterocycles. The fraction of sp³-hybridized carbons (Fsp3) is 0.435. The van der Waals surface area contributed by atoms with E-state index in [9.17, 15) is 14.9 Å². The molecule has 0 saturated carbocycles. The van der Waals surface area contributed by atoms with E-state index in [1.54, 1.807) is 18.2 Å². The fourth-order valence-corrected chi connectivity index (χ4v) is 3.68. The van der Waals surface area contributed by atoms with Crippen LogP contribution in [0.5, 0.6) is 5.75 Å². The normalized spacial score (nSPS) is 15.4. The van der Waals surface area contributed by atoms with E-state index < -0.39 is 18.5 Å². The summed E-state index contributed by atoms with van der Waals surface area (Å²) in [4.78, 5) is 24.9. The molecule has 1 N–H and O–H groups in total. The Labute approximate surface area is 181 Å². The van der Waals surface area contributed by atoms with Gasteiger partial charge in [-0.15, -0.1) is 0 Å². The van der Waals surface area contributed by atoms with E-state index in [1.165, 1.54) is 7.11 Å². The van der Waals surface area contributed by atoms with E-state index in [-0.39, 0.29) is 6.10 Å². The summed E-state index contributed by atoms with van der Waals surface area (Å²) in [5.74, 6) is -0.174. The maximum absolute atomic E-state index is 12.5. The van der Waals surface area contributed by atoms with Gasteiger partial charge in [0.25, 0.3) is 5.91 Å². The molecule has 0 radical (unpaired) electrons. The molecule has 1 saturated heterocycles. The molecule has 1 fully saturated rings. The second kappa shape index (κ2) is 9.67. The van der Waals surface area contributed by atoms with Crippen molar-refractivity contribution in [2.75, 3.05) is 25.6 Å². The van der Waals surface area contributed by atoms with E-state index in [0.717, 1.165) is 36.3 Å². The number of anilines is 1. The number of carbonyl (C=O) groups excluding carboxylic acids is 2. The van der Waals surface area contributed by atoms with Crippen LogP contribution in [-0.4, -0.2) is 42.9 Å². The van der Waals surface area contributed by atoms with Gasteiger partial charge in [-0.2, -0.15) is 5.26 Å². The van der Waals surface area contributed by atoms with Crippen LogP contribution in [0.3, 0.4) is 0 Å². The molecular formula is C23H27N3O5. The number of hydrogen-bond donors (Lipinski definition) is 1. The lowest BCUT2D eigenvalue weighted by atomic mass is 10.1. The molecular weight excluding hydrogens is 398 g/mol. The van der Waals surface area contributed by atoms with Crippen molar-refractivity contribution in [2.24, 2.45) is 0 Å². The quantitative estimate of drug-likeness (QED) is 0.683. The lowest BCUT2D eigenvalue weighted by Crippen LogP contribution is -2.25. The zero-order valence-corrected chi connectivity index (χ0v) is 18.3. The van der Waals surface area contributed by atoms with Crippen LogP contribution in [0.25, 0.3) is 0 Å². The van der Waals surface area contributed by atoms with Crippen molar-refractivity contribution in [1.29, 1.82) is 5.26 Å². The van der Waals surface area contributed by atoms with E-state index in [0.29, 0.717) is 29.2 Å². The number of benzene rings is 1. The van der Waals surface area contributed by atoms with Gasteiger partial charge in [0.15, 0.2) is 6.61 Å². The van der Waals surface area contributed by atoms with E-state index in [4.69, 9.17) is 14.2 Å². The molecule has 1 aromatic carbocycles. The van der Waals surface area contributed by atoms with Crippen LogP contribution in [-0.2, 0) is 20.8 Å². The van der Waals surface area contributed by atoms with Crippen LogP contribution in [0.2, 0.25) is 0 Å². The Morgan fingerprint density at radius 2 is 2.10 bits per heavy atom. The molecule has 1 aliphatic rings. The monoisotopic (exact) mass is 425 g/mol. The van der Waals surface area contributed by atoms with Gasteiger partial charge in [0.1, 0.15) is 17.6 Å². The summed E-state index contributed by atoms with van der Waals surface area (Å²) in [5, 5.41) is 12.4. The van der Waals surface area contributed by atoms with Crippen molar-refractivity contribution in [3.05, 3.63) is 46.1 Å². The summed E-state index contributed by atoms with van der Waals surface area (Å²) in [7, 11) is 1.52. The molecule has 2 aromatic rings. The lowest BCUT2D eigenvalue weighted by molar-refractivity contribution is -0.119. The number of aryl methyl sites for hydroxylation is 1. The standard InChI is InChI=1S/C23H27N3O5/c1-14-7-8-17(10-20(14)29-4)23(28)31-13-21(27)25-22-19(11-24)15(2)16(3)26(22)12-18-6-5-9-30-18/h7-8,10,18H,5-6,9,12-13H2,1-4H3,(H,25,27)/t18-/m0/s1. The van der Waals surface area contributed by atoms with Crippen molar-refractivity contribution < 1.29 is 23.8 Å². The third kappa shape index (κ3) is 4.89. The highest BCUT2D eigenvalue weighted by molar-refractivity contribution is 5.96. The number of nitriles is 1. The summed E-state index contributed by atoms with van der Waals surface area (Å²) in [6.45, 7) is 6.42. The van der Waals surface area contributed by atoms with Crippen LogP contribution < -0.4 is 10.1 Å². The van der Waals surface area contributed by atoms with Gasteiger partial charge < -0.3 is 24.1 Å². The average Bonchev–Trinajstić information content (AvgIpc) is 3.35. The first-order valence-electron chi connectivity index (χ1n) is 10.2. The Morgan fingerprint density at radius 3 is 2.74 bits per heavy atom. The first-order valence-corrected chi connectivity index (χ1v) is 10.2. The predicted octanol–water partition coefficient (Wildman–Crippen LogP) is 3.27. The number of methoxy groups -OCH3 is 1. The van der Waals surface area contributed by atoms with Crippen molar-refractivity contribution in [3.63, 3.8) is 0 Å². The molecule has 31 heavy (non-hydrogen) atoms. The van der Waals surface area contributed by atoms with Gasteiger partial charge in [-0.05, 0) is 56.9 Å². The molecule has 8 nitrogen and oxygen atoms in total. The Morgan fingerprint density at radius 1 is 1.32 bits per heavy atom. The van der Waals surface area contributed by atoms with Crippen LogP contribution in [0.15, 0.2) is 18.2 Å². The van der Waals surface area contributed by atoms with Gasteiger partial charge in [-0.1, -0.05) is 6.07 Å². The number of nitrogens with one attached hydrogen (secondary N) is 1. The van der Waals surface area contributed by atoms with Gasteiger partial charge >= 0.3 is 5.97 Å². The number of nitrogens with zero attached hydrogens (tertiary/aromatic N) is 2. The zero-order valence-electron chi connectivity index (χ0n) is 18.3. The SMILES string of the molecule is COc1cc(C(=O)OCC(=O)Nc2c(C#N)c(C)c(C)n2C[C@@H]2CCCO2)ccc1C. The summed E-state index contributed by atoms with van der Waals surface area (Å²) >= 11 is 0. The predicted molar refractivity (Wildman–Crippen MR) is 114 cm³/mol. The van der Waals surface area contributed by atoms with E-state index in [1.807, 2.05) is 25.3 Å². The van der Waals surface area contributed by atoms with Crippen LogP contribution in [0.4, 0.5) is 5.82 Å². The molecule has 2 heterocycles. The summed E-state index contributed by atoms with van der Waals surface area (Å²) in [6.07, 6.45) is 1.97. The van der Waals surface area contributed by atoms with Gasteiger partial charge in [-0.25, -0.2) is 4.79 Å². The topological polar surface area (TPSA) is 103 Å². The minimum Gasteiger partial charge on any atom is -0.496 e. The Hall–Kier alpha value is -3.31. The van der Waals surface area contributed by atoms with Gasteiger partial charge in [0.2, 0.25) is 0 Å². The van der Waals surface area contributed by atoms with Crippen LogP contribution >= 0.6 is 0 Å². The minimum atomic E-state index is -0.629.